The second kappa shape index (κ2) is 6.37. The molecule has 0 aromatic heterocycles. The quantitative estimate of drug-likeness (QED) is 0.833. The summed E-state index contributed by atoms with van der Waals surface area (Å²) in [5.74, 6) is -0.145. The molecule has 0 spiro atoms. The Morgan fingerprint density at radius 2 is 1.75 bits per heavy atom. The summed E-state index contributed by atoms with van der Waals surface area (Å²) in [4.78, 5) is 14.1. The van der Waals surface area contributed by atoms with Crippen molar-refractivity contribution in [3.63, 3.8) is 0 Å². The number of aliphatic hydroxyl groups is 1. The molecule has 4 nitrogen and oxygen atoms in total. The van der Waals surface area contributed by atoms with Crippen LogP contribution in [0.15, 0.2) is 30.3 Å². The number of amides is 1. The zero-order valence-corrected chi connectivity index (χ0v) is 13.1. The van der Waals surface area contributed by atoms with E-state index in [-0.39, 0.29) is 17.9 Å². The lowest BCUT2D eigenvalue weighted by molar-refractivity contribution is -0.126. The van der Waals surface area contributed by atoms with Crippen LogP contribution in [-0.4, -0.2) is 42.1 Å². The van der Waals surface area contributed by atoms with E-state index < -0.39 is 5.60 Å². The lowest BCUT2D eigenvalue weighted by Crippen LogP contribution is -2.48. The van der Waals surface area contributed by atoms with Crippen LogP contribution in [0.2, 0.25) is 0 Å². The van der Waals surface area contributed by atoms with Crippen LogP contribution in [0, 0.1) is 0 Å². The van der Waals surface area contributed by atoms with Crippen molar-refractivity contribution in [3.05, 3.63) is 35.9 Å². The fourth-order valence-corrected chi connectivity index (χ4v) is 1.75. The molecule has 0 aliphatic rings. The highest BCUT2D eigenvalue weighted by atomic mass is 16.3. The van der Waals surface area contributed by atoms with E-state index in [1.165, 1.54) is 0 Å². The van der Waals surface area contributed by atoms with Gasteiger partial charge in [-0.2, -0.15) is 0 Å². The van der Waals surface area contributed by atoms with Gasteiger partial charge in [-0.25, -0.2) is 0 Å². The van der Waals surface area contributed by atoms with Crippen molar-refractivity contribution in [2.75, 3.05) is 20.6 Å². The number of carbonyl (C=O) groups excluding carboxylic acids is 1. The van der Waals surface area contributed by atoms with Crippen molar-refractivity contribution in [1.29, 1.82) is 0 Å². The second-order valence-corrected chi connectivity index (χ2v) is 6.30. The first-order valence-corrected chi connectivity index (χ1v) is 6.87. The van der Waals surface area contributed by atoms with Gasteiger partial charge in [-0.3, -0.25) is 4.79 Å². The van der Waals surface area contributed by atoms with Gasteiger partial charge in [0.25, 0.3) is 0 Å². The van der Waals surface area contributed by atoms with Gasteiger partial charge in [0.1, 0.15) is 0 Å². The van der Waals surface area contributed by atoms with Gasteiger partial charge >= 0.3 is 0 Å². The molecule has 1 unspecified atom stereocenters. The summed E-state index contributed by atoms with van der Waals surface area (Å²) in [7, 11) is 3.96. The molecule has 20 heavy (non-hydrogen) atoms. The highest BCUT2D eigenvalue weighted by Gasteiger charge is 2.28. The zero-order valence-electron chi connectivity index (χ0n) is 13.1. The Labute approximate surface area is 121 Å². The summed E-state index contributed by atoms with van der Waals surface area (Å²) in [5.41, 5.74) is -0.510. The Hall–Kier alpha value is -1.39. The zero-order chi connectivity index (χ0) is 15.4. The van der Waals surface area contributed by atoms with Gasteiger partial charge in [0.15, 0.2) is 0 Å². The number of nitrogens with one attached hydrogen (secondary N) is 1. The van der Waals surface area contributed by atoms with E-state index in [4.69, 9.17) is 0 Å². The molecule has 0 saturated carbocycles. The molecule has 1 aromatic carbocycles. The van der Waals surface area contributed by atoms with Crippen molar-refractivity contribution in [2.45, 2.75) is 38.3 Å². The summed E-state index contributed by atoms with van der Waals surface area (Å²) in [5, 5.41) is 13.3. The lowest BCUT2D eigenvalue weighted by Gasteiger charge is -2.33. The van der Waals surface area contributed by atoms with Crippen LogP contribution >= 0.6 is 0 Å². The Morgan fingerprint density at radius 1 is 1.20 bits per heavy atom. The molecule has 1 aromatic rings. The maximum atomic E-state index is 12.0. The summed E-state index contributed by atoms with van der Waals surface area (Å²) in [6.07, 6.45) is 0.0561. The van der Waals surface area contributed by atoms with Crippen LogP contribution in [0.25, 0.3) is 0 Å². The number of likely N-dealkylation sites (N-methyl/N-ethyl adjacent to an activating group) is 1. The minimum absolute atomic E-state index is 0.0561. The first-order valence-electron chi connectivity index (χ1n) is 6.87. The average Bonchev–Trinajstić information content (AvgIpc) is 2.37. The highest BCUT2D eigenvalue weighted by Crippen LogP contribution is 2.23. The van der Waals surface area contributed by atoms with E-state index in [0.717, 1.165) is 5.56 Å². The van der Waals surface area contributed by atoms with E-state index in [1.807, 2.05) is 44.4 Å². The van der Waals surface area contributed by atoms with Gasteiger partial charge < -0.3 is 15.3 Å². The van der Waals surface area contributed by atoms with Crippen molar-refractivity contribution in [3.8, 4) is 0 Å². The Kier molecular flexibility index (Phi) is 5.31. The molecule has 0 heterocycles. The number of hydrogen-bond donors (Lipinski definition) is 2. The standard InChI is InChI=1S/C16H26N2O2/c1-15(2,18(4)5)12-17-14(19)11-16(3,20)13-9-7-6-8-10-13/h6-10,20H,11-12H2,1-5H3,(H,17,19). The molecule has 0 aliphatic heterocycles. The first-order chi connectivity index (χ1) is 9.15. The summed E-state index contributed by atoms with van der Waals surface area (Å²) < 4.78 is 0. The maximum absolute atomic E-state index is 12.0. The SMILES string of the molecule is CN(C)C(C)(C)CNC(=O)CC(C)(O)c1ccccc1. The molecular weight excluding hydrogens is 252 g/mol. The minimum Gasteiger partial charge on any atom is -0.385 e. The van der Waals surface area contributed by atoms with Gasteiger partial charge in [-0.05, 0) is 40.4 Å². The summed E-state index contributed by atoms with van der Waals surface area (Å²) in [6.45, 7) is 6.33. The highest BCUT2D eigenvalue weighted by molar-refractivity contribution is 5.77. The molecule has 0 radical (unpaired) electrons. The third-order valence-corrected chi connectivity index (χ3v) is 3.83. The number of rotatable bonds is 6. The molecule has 0 saturated heterocycles. The molecule has 112 valence electrons. The van der Waals surface area contributed by atoms with Crippen LogP contribution in [0.4, 0.5) is 0 Å². The Balaban J connectivity index is 2.58. The molecule has 1 atom stereocenters. The fourth-order valence-electron chi connectivity index (χ4n) is 1.75. The van der Waals surface area contributed by atoms with Gasteiger partial charge in [0.05, 0.1) is 12.0 Å². The summed E-state index contributed by atoms with van der Waals surface area (Å²) in [6, 6.07) is 9.26. The number of carbonyl (C=O) groups is 1. The topological polar surface area (TPSA) is 52.6 Å². The molecule has 0 bridgehead atoms. The number of nitrogens with zero attached hydrogens (tertiary/aromatic N) is 1. The van der Waals surface area contributed by atoms with Crippen LogP contribution in [0.3, 0.4) is 0 Å². The Morgan fingerprint density at radius 3 is 2.25 bits per heavy atom. The van der Waals surface area contributed by atoms with Crippen LogP contribution in [0.1, 0.15) is 32.8 Å². The predicted molar refractivity (Wildman–Crippen MR) is 81.4 cm³/mol. The van der Waals surface area contributed by atoms with E-state index >= 15 is 0 Å². The molecular formula is C16H26N2O2. The number of hydrogen-bond acceptors (Lipinski definition) is 3. The molecule has 0 aliphatic carbocycles. The van der Waals surface area contributed by atoms with Crippen molar-refractivity contribution in [2.24, 2.45) is 0 Å². The third kappa shape index (κ3) is 4.62. The van der Waals surface area contributed by atoms with Gasteiger partial charge in [0, 0.05) is 12.1 Å². The molecule has 1 amide bonds. The number of benzene rings is 1. The van der Waals surface area contributed by atoms with Gasteiger partial charge in [-0.1, -0.05) is 30.3 Å². The molecule has 0 fully saturated rings. The van der Waals surface area contributed by atoms with Crippen molar-refractivity contribution < 1.29 is 9.90 Å². The van der Waals surface area contributed by atoms with Crippen LogP contribution in [0.5, 0.6) is 0 Å². The van der Waals surface area contributed by atoms with E-state index in [2.05, 4.69) is 24.1 Å². The monoisotopic (exact) mass is 278 g/mol. The first kappa shape index (κ1) is 16.7. The average molecular weight is 278 g/mol. The van der Waals surface area contributed by atoms with E-state index in [0.29, 0.717) is 6.54 Å². The normalized spacial score (nSPS) is 14.9. The second-order valence-electron chi connectivity index (χ2n) is 6.30. The fraction of sp³-hybridized carbons (Fsp3) is 0.562. The predicted octanol–water partition coefficient (Wildman–Crippen LogP) is 1.74. The Bertz CT molecular complexity index is 439. The summed E-state index contributed by atoms with van der Waals surface area (Å²) >= 11 is 0. The third-order valence-electron chi connectivity index (χ3n) is 3.83. The van der Waals surface area contributed by atoms with Crippen molar-refractivity contribution >= 4 is 5.91 Å². The van der Waals surface area contributed by atoms with Gasteiger partial charge in [-0.15, -0.1) is 0 Å². The lowest BCUT2D eigenvalue weighted by atomic mass is 9.92. The van der Waals surface area contributed by atoms with Crippen LogP contribution < -0.4 is 5.32 Å². The minimum atomic E-state index is -1.15. The molecule has 1 rings (SSSR count). The van der Waals surface area contributed by atoms with Gasteiger partial charge in [0.2, 0.25) is 5.91 Å². The maximum Gasteiger partial charge on any atom is 0.223 e. The van der Waals surface area contributed by atoms with E-state index in [1.54, 1.807) is 6.92 Å². The van der Waals surface area contributed by atoms with Crippen molar-refractivity contribution in [1.82, 2.24) is 10.2 Å². The largest absolute Gasteiger partial charge is 0.385 e. The molecule has 2 N–H and O–H groups in total. The molecule has 4 heteroatoms. The smallest absolute Gasteiger partial charge is 0.223 e. The van der Waals surface area contributed by atoms with E-state index in [9.17, 15) is 9.90 Å². The van der Waals surface area contributed by atoms with Crippen LogP contribution in [-0.2, 0) is 10.4 Å².